The van der Waals surface area contributed by atoms with Crippen LogP contribution in [0.25, 0.3) is 44.4 Å². The average Bonchev–Trinajstić information content (AvgIpc) is 3.48. The molecule has 220 valence electrons. The van der Waals surface area contributed by atoms with Crippen molar-refractivity contribution in [2.75, 3.05) is 0 Å². The normalized spacial score (nSPS) is 11.2. The number of para-hydroxylation sites is 1. The molecule has 4 aromatic carbocycles. The van der Waals surface area contributed by atoms with Crippen LogP contribution in [0.2, 0.25) is 0 Å². The number of nitrogens with zero attached hydrogens (tertiary/aromatic N) is 4. The first kappa shape index (κ1) is 29.6. The van der Waals surface area contributed by atoms with E-state index in [-0.39, 0.29) is 20.4 Å². The molecule has 7 aromatic rings. The number of aromatic nitrogens is 4. The van der Waals surface area contributed by atoms with E-state index in [0.717, 1.165) is 55.8 Å². The molecule has 0 unspecified atom stereocenters. The number of ether oxygens (including phenoxy) is 1. The molecule has 0 amide bonds. The molecule has 0 fully saturated rings. The average molecular weight is 667 g/mol. The summed E-state index contributed by atoms with van der Waals surface area (Å²) in [5.74, 6) is 2.06. The van der Waals surface area contributed by atoms with Crippen LogP contribution in [0, 0.1) is 53.7 Å². The van der Waals surface area contributed by atoms with E-state index in [1.54, 1.807) is 0 Å². The number of benzene rings is 4. The summed E-state index contributed by atoms with van der Waals surface area (Å²) >= 11 is 0. The fraction of sp³-hybridized carbons (Fsp3) is 0.158. The molecule has 0 aliphatic carbocycles. The van der Waals surface area contributed by atoms with Gasteiger partial charge in [0, 0.05) is 34.5 Å². The summed E-state index contributed by atoms with van der Waals surface area (Å²) in [6, 6.07) is 33.9. The minimum atomic E-state index is 0. The molecule has 0 bridgehead atoms. The smallest absolute Gasteiger partial charge is 0.509 e. The number of fused-ring (bicyclic) bond motifs is 3. The Bertz CT molecular complexity index is 2170. The van der Waals surface area contributed by atoms with Crippen LogP contribution in [-0.4, -0.2) is 19.3 Å². The predicted molar refractivity (Wildman–Crippen MR) is 174 cm³/mol. The van der Waals surface area contributed by atoms with Crippen LogP contribution in [0.5, 0.6) is 11.5 Å². The Kier molecular flexibility index (Phi) is 7.75. The van der Waals surface area contributed by atoms with Gasteiger partial charge in [-0.3, -0.25) is 4.68 Å². The fourth-order valence-corrected chi connectivity index (χ4v) is 6.03. The van der Waals surface area contributed by atoms with Gasteiger partial charge in [0.25, 0.3) is 0 Å². The summed E-state index contributed by atoms with van der Waals surface area (Å²) in [6.45, 7) is 12.8. The summed E-state index contributed by atoms with van der Waals surface area (Å²) in [6.07, 6.45) is 1.84. The molecular weight excluding hydrogens is 635 g/mol. The molecule has 0 radical (unpaired) electrons. The monoisotopic (exact) mass is 666 g/mol. The van der Waals surface area contributed by atoms with Gasteiger partial charge in [0.2, 0.25) is 0 Å². The van der Waals surface area contributed by atoms with Crippen LogP contribution in [-0.2, 0) is 20.4 Å². The zero-order valence-corrected chi connectivity index (χ0v) is 27.2. The number of pyridine rings is 1. The first-order valence-electron chi connectivity index (χ1n) is 14.5. The minimum Gasteiger partial charge on any atom is -0.509 e. The van der Waals surface area contributed by atoms with E-state index in [1.807, 2.05) is 41.2 Å². The minimum absolute atomic E-state index is 0. The van der Waals surface area contributed by atoms with Crippen LogP contribution in [0.15, 0.2) is 85.1 Å². The topological polar surface area (TPSA) is 44.9 Å². The van der Waals surface area contributed by atoms with Gasteiger partial charge >= 0.3 is 20.4 Å². The van der Waals surface area contributed by atoms with E-state index in [9.17, 15) is 0 Å². The number of aryl methyl sites for hydroxylation is 4. The molecule has 5 nitrogen and oxygen atoms in total. The van der Waals surface area contributed by atoms with E-state index in [2.05, 4.69) is 112 Å². The van der Waals surface area contributed by atoms with Gasteiger partial charge in [-0.2, -0.15) is 17.2 Å². The Morgan fingerprint density at radius 2 is 1.48 bits per heavy atom. The molecule has 3 aromatic heterocycles. The van der Waals surface area contributed by atoms with Gasteiger partial charge in [0.1, 0.15) is 5.82 Å². The molecule has 3 heterocycles. The predicted octanol–water partition coefficient (Wildman–Crippen LogP) is 9.27. The molecular formula is C38H32N4OPd. The Morgan fingerprint density at radius 3 is 2.25 bits per heavy atom. The second-order valence-electron chi connectivity index (χ2n) is 11.3. The third-order valence-electron chi connectivity index (χ3n) is 8.40. The molecule has 0 aliphatic rings. The van der Waals surface area contributed by atoms with Crippen LogP contribution in [0.4, 0.5) is 0 Å². The maximum Gasteiger partial charge on any atom is 2.00 e. The van der Waals surface area contributed by atoms with Gasteiger partial charge in [0.05, 0.1) is 5.69 Å². The van der Waals surface area contributed by atoms with Crippen molar-refractivity contribution in [2.24, 2.45) is 0 Å². The molecule has 44 heavy (non-hydrogen) atoms. The van der Waals surface area contributed by atoms with Crippen molar-refractivity contribution in [1.82, 2.24) is 19.3 Å². The molecule has 6 heteroatoms. The van der Waals surface area contributed by atoms with E-state index in [0.29, 0.717) is 11.5 Å². The molecule has 7 rings (SSSR count). The van der Waals surface area contributed by atoms with Crippen molar-refractivity contribution in [2.45, 2.75) is 41.5 Å². The summed E-state index contributed by atoms with van der Waals surface area (Å²) in [5, 5.41) is 7.16. The second kappa shape index (κ2) is 11.5. The first-order valence-corrected chi connectivity index (χ1v) is 14.5. The van der Waals surface area contributed by atoms with Crippen LogP contribution in [0.3, 0.4) is 0 Å². The summed E-state index contributed by atoms with van der Waals surface area (Å²) in [4.78, 5) is 4.68. The van der Waals surface area contributed by atoms with Crippen molar-refractivity contribution in [3.63, 3.8) is 0 Å². The van der Waals surface area contributed by atoms with Crippen LogP contribution >= 0.6 is 0 Å². The van der Waals surface area contributed by atoms with Gasteiger partial charge in [0.15, 0.2) is 0 Å². The van der Waals surface area contributed by atoms with E-state index < -0.39 is 0 Å². The van der Waals surface area contributed by atoms with E-state index in [1.165, 1.54) is 22.3 Å². The molecule has 0 atom stereocenters. The van der Waals surface area contributed by atoms with Gasteiger partial charge in [-0.05, 0) is 98.6 Å². The van der Waals surface area contributed by atoms with Gasteiger partial charge in [-0.1, -0.05) is 35.8 Å². The Hall–Kier alpha value is -4.50. The third kappa shape index (κ3) is 5.05. The van der Waals surface area contributed by atoms with E-state index in [4.69, 9.17) is 9.84 Å². The van der Waals surface area contributed by atoms with Crippen molar-refractivity contribution in [1.29, 1.82) is 0 Å². The quantitative estimate of drug-likeness (QED) is 0.136. The number of hydrogen-bond donors (Lipinski definition) is 0. The maximum atomic E-state index is 6.38. The summed E-state index contributed by atoms with van der Waals surface area (Å²) < 4.78 is 10.5. The Labute approximate surface area is 271 Å². The molecule has 0 N–H and O–H groups in total. The Balaban J connectivity index is 0.00000343. The fourth-order valence-electron chi connectivity index (χ4n) is 6.03. The van der Waals surface area contributed by atoms with Gasteiger partial charge in [-0.25, -0.2) is 4.98 Å². The summed E-state index contributed by atoms with van der Waals surface area (Å²) in [7, 11) is 0. The summed E-state index contributed by atoms with van der Waals surface area (Å²) in [5.41, 5.74) is 12.3. The van der Waals surface area contributed by atoms with Crippen LogP contribution < -0.4 is 4.74 Å². The van der Waals surface area contributed by atoms with Crippen LogP contribution in [0.1, 0.15) is 33.6 Å². The third-order valence-corrected chi connectivity index (χ3v) is 8.40. The molecule has 0 aliphatic heterocycles. The van der Waals surface area contributed by atoms with Gasteiger partial charge in [-0.15, -0.1) is 35.7 Å². The van der Waals surface area contributed by atoms with Gasteiger partial charge < -0.3 is 9.30 Å². The van der Waals surface area contributed by atoms with Crippen molar-refractivity contribution in [3.05, 3.63) is 131 Å². The zero-order chi connectivity index (χ0) is 29.8. The Morgan fingerprint density at radius 1 is 0.727 bits per heavy atom. The standard InChI is InChI=1S/C38H32N4O.Pd/c1-23-16-17-39-37(18-23)41-35-13-8-7-12-33(35)34-15-14-32(22-36(34)41)43-31-11-9-10-30(21-31)42-28(6)38(27(5)40-42)29-19-24(2)26(4)25(3)20-29;/h7-20H,1-6H3;/q-2;+2. The van der Waals surface area contributed by atoms with E-state index >= 15 is 0 Å². The van der Waals surface area contributed by atoms with Crippen molar-refractivity contribution in [3.8, 4) is 34.1 Å². The molecule has 0 saturated heterocycles. The van der Waals surface area contributed by atoms with Crippen molar-refractivity contribution < 1.29 is 25.2 Å². The first-order chi connectivity index (χ1) is 20.8. The molecule has 0 saturated carbocycles. The maximum absolute atomic E-state index is 6.38. The number of hydrogen-bond acceptors (Lipinski definition) is 3. The molecule has 0 spiro atoms. The van der Waals surface area contributed by atoms with Crippen molar-refractivity contribution >= 4 is 21.8 Å². The SMILES string of the molecule is Cc1ccnc(-n2c3[c-]c(Oc4[c-]c(-n5nc(C)c(-c6cc(C)c(C)c(C)c6)c5C)ccc4)ccc3c3ccccc32)c1.[Pd+2]. The number of rotatable bonds is 5. The largest absolute Gasteiger partial charge is 2.00 e. The zero-order valence-electron chi connectivity index (χ0n) is 25.6. The second-order valence-corrected chi connectivity index (χ2v) is 11.3.